The third kappa shape index (κ3) is 3.01. The topological polar surface area (TPSA) is 64.3 Å². The summed E-state index contributed by atoms with van der Waals surface area (Å²) in [6.07, 6.45) is 0. The number of halogens is 1. The number of nitrogen functional groups attached to an aromatic ring is 1. The highest BCUT2D eigenvalue weighted by Crippen LogP contribution is 2.19. The number of nitrogens with one attached hydrogen (secondary N) is 1. The van der Waals surface area contributed by atoms with Crippen LogP contribution in [0.4, 0.5) is 15.8 Å². The molecule has 0 saturated carbocycles. The average molecular weight is 260 g/mol. The number of hydrogen-bond acceptors (Lipinski definition) is 3. The van der Waals surface area contributed by atoms with E-state index in [1.54, 1.807) is 24.3 Å². The van der Waals surface area contributed by atoms with E-state index >= 15 is 0 Å². The molecule has 2 aromatic carbocycles. The van der Waals surface area contributed by atoms with Gasteiger partial charge in [0.1, 0.15) is 0 Å². The summed E-state index contributed by atoms with van der Waals surface area (Å²) < 4.78 is 18.1. The Morgan fingerprint density at radius 1 is 1.21 bits per heavy atom. The van der Waals surface area contributed by atoms with E-state index in [0.717, 1.165) is 0 Å². The second kappa shape index (κ2) is 5.39. The molecule has 0 unspecified atom stereocenters. The highest BCUT2D eigenvalue weighted by atomic mass is 19.1. The first-order chi connectivity index (χ1) is 9.10. The van der Waals surface area contributed by atoms with Crippen molar-refractivity contribution < 1.29 is 13.9 Å². The Kier molecular flexibility index (Phi) is 3.66. The maximum atomic E-state index is 13.2. The van der Waals surface area contributed by atoms with E-state index < -0.39 is 5.82 Å². The zero-order valence-electron chi connectivity index (χ0n) is 10.3. The minimum Gasteiger partial charge on any atom is -0.494 e. The van der Waals surface area contributed by atoms with Crippen molar-refractivity contribution in [2.24, 2.45) is 0 Å². The molecule has 0 saturated heterocycles. The summed E-state index contributed by atoms with van der Waals surface area (Å²) in [7, 11) is 1.35. The van der Waals surface area contributed by atoms with Crippen molar-refractivity contribution in [2.45, 2.75) is 0 Å². The Labute approximate surface area is 110 Å². The van der Waals surface area contributed by atoms with Crippen LogP contribution in [0.15, 0.2) is 42.5 Å². The van der Waals surface area contributed by atoms with E-state index in [9.17, 15) is 9.18 Å². The predicted octanol–water partition coefficient (Wildman–Crippen LogP) is 2.67. The zero-order chi connectivity index (χ0) is 13.8. The number of amides is 1. The average Bonchev–Trinajstić information content (AvgIpc) is 2.42. The van der Waals surface area contributed by atoms with E-state index in [2.05, 4.69) is 5.32 Å². The SMILES string of the molecule is COc1cc(C(=O)Nc2ccc(N)cc2)ccc1F. The van der Waals surface area contributed by atoms with Crippen LogP contribution in [0.3, 0.4) is 0 Å². The van der Waals surface area contributed by atoms with Crippen LogP contribution in [0.2, 0.25) is 0 Å². The van der Waals surface area contributed by atoms with Crippen molar-refractivity contribution >= 4 is 17.3 Å². The van der Waals surface area contributed by atoms with Gasteiger partial charge in [0.15, 0.2) is 11.6 Å². The fourth-order valence-electron chi connectivity index (χ4n) is 1.57. The number of benzene rings is 2. The van der Waals surface area contributed by atoms with Crippen molar-refractivity contribution in [3.8, 4) is 5.75 Å². The Hall–Kier alpha value is -2.56. The number of nitrogens with two attached hydrogens (primary N) is 1. The van der Waals surface area contributed by atoms with Crippen molar-refractivity contribution in [3.05, 3.63) is 53.8 Å². The Balaban J connectivity index is 2.18. The largest absolute Gasteiger partial charge is 0.494 e. The van der Waals surface area contributed by atoms with Crippen molar-refractivity contribution in [1.82, 2.24) is 0 Å². The highest BCUT2D eigenvalue weighted by Gasteiger charge is 2.10. The van der Waals surface area contributed by atoms with Crippen LogP contribution in [-0.2, 0) is 0 Å². The molecule has 0 aliphatic carbocycles. The first-order valence-electron chi connectivity index (χ1n) is 5.60. The summed E-state index contributed by atoms with van der Waals surface area (Å²) in [4.78, 5) is 12.0. The molecule has 0 aliphatic heterocycles. The van der Waals surface area contributed by atoms with Gasteiger partial charge in [0.05, 0.1) is 7.11 Å². The minimum atomic E-state index is -0.508. The predicted molar refractivity (Wildman–Crippen MR) is 71.8 cm³/mol. The molecular formula is C14H13FN2O2. The lowest BCUT2D eigenvalue weighted by molar-refractivity contribution is 0.102. The lowest BCUT2D eigenvalue weighted by Gasteiger charge is -2.07. The summed E-state index contributed by atoms with van der Waals surface area (Å²) in [6.45, 7) is 0. The zero-order valence-corrected chi connectivity index (χ0v) is 10.3. The summed E-state index contributed by atoms with van der Waals surface area (Å²) in [5.74, 6) is -0.820. The molecule has 0 aromatic heterocycles. The Morgan fingerprint density at radius 3 is 2.53 bits per heavy atom. The summed E-state index contributed by atoms with van der Waals surface area (Å²) >= 11 is 0. The third-order valence-electron chi connectivity index (χ3n) is 2.58. The Bertz CT molecular complexity index is 597. The maximum absolute atomic E-state index is 13.2. The number of carbonyl (C=O) groups excluding carboxylic acids is 1. The van der Waals surface area contributed by atoms with Crippen LogP contribution in [0.25, 0.3) is 0 Å². The second-order valence-electron chi connectivity index (χ2n) is 3.93. The third-order valence-corrected chi connectivity index (χ3v) is 2.58. The number of anilines is 2. The van der Waals surface area contributed by atoms with Gasteiger partial charge >= 0.3 is 0 Å². The van der Waals surface area contributed by atoms with E-state index in [-0.39, 0.29) is 11.7 Å². The highest BCUT2D eigenvalue weighted by molar-refractivity contribution is 6.04. The molecule has 0 fully saturated rings. The first-order valence-corrected chi connectivity index (χ1v) is 5.60. The van der Waals surface area contributed by atoms with Crippen LogP contribution in [-0.4, -0.2) is 13.0 Å². The lowest BCUT2D eigenvalue weighted by Crippen LogP contribution is -2.12. The van der Waals surface area contributed by atoms with E-state index in [1.807, 2.05) is 0 Å². The molecule has 3 N–H and O–H groups in total. The maximum Gasteiger partial charge on any atom is 0.255 e. The quantitative estimate of drug-likeness (QED) is 0.834. The van der Waals surface area contributed by atoms with Gasteiger partial charge in [0.2, 0.25) is 0 Å². The smallest absolute Gasteiger partial charge is 0.255 e. The number of methoxy groups -OCH3 is 1. The molecular weight excluding hydrogens is 247 g/mol. The van der Waals surface area contributed by atoms with Crippen LogP contribution < -0.4 is 15.8 Å². The summed E-state index contributed by atoms with van der Waals surface area (Å²) in [5.41, 5.74) is 7.09. The lowest BCUT2D eigenvalue weighted by atomic mass is 10.2. The summed E-state index contributed by atoms with van der Waals surface area (Å²) in [6, 6.07) is 10.7. The van der Waals surface area contributed by atoms with E-state index in [1.165, 1.54) is 25.3 Å². The molecule has 98 valence electrons. The molecule has 0 radical (unpaired) electrons. The van der Waals surface area contributed by atoms with Gasteiger partial charge < -0.3 is 15.8 Å². The van der Waals surface area contributed by atoms with Crippen molar-refractivity contribution in [1.29, 1.82) is 0 Å². The van der Waals surface area contributed by atoms with Crippen LogP contribution in [0.5, 0.6) is 5.75 Å². The molecule has 0 bridgehead atoms. The number of ether oxygens (including phenoxy) is 1. The van der Waals surface area contributed by atoms with E-state index in [0.29, 0.717) is 16.9 Å². The van der Waals surface area contributed by atoms with Gasteiger partial charge in [-0.15, -0.1) is 0 Å². The molecule has 19 heavy (non-hydrogen) atoms. The minimum absolute atomic E-state index is 0.0324. The van der Waals surface area contributed by atoms with Crippen molar-refractivity contribution in [3.63, 3.8) is 0 Å². The Morgan fingerprint density at radius 2 is 1.89 bits per heavy atom. The van der Waals surface area contributed by atoms with Gasteiger partial charge in [-0.05, 0) is 42.5 Å². The van der Waals surface area contributed by atoms with Gasteiger partial charge in [-0.3, -0.25) is 4.79 Å². The molecule has 2 aromatic rings. The number of rotatable bonds is 3. The van der Waals surface area contributed by atoms with Gasteiger partial charge in [-0.1, -0.05) is 0 Å². The normalized spacial score (nSPS) is 10.0. The standard InChI is InChI=1S/C14H13FN2O2/c1-19-13-8-9(2-7-12(13)15)14(18)17-11-5-3-10(16)4-6-11/h2-8H,16H2,1H3,(H,17,18). The van der Waals surface area contributed by atoms with Gasteiger partial charge in [0, 0.05) is 16.9 Å². The fourth-order valence-corrected chi connectivity index (χ4v) is 1.57. The molecule has 4 nitrogen and oxygen atoms in total. The van der Waals surface area contributed by atoms with Gasteiger partial charge in [0.25, 0.3) is 5.91 Å². The molecule has 0 heterocycles. The number of hydrogen-bond donors (Lipinski definition) is 2. The van der Waals surface area contributed by atoms with Gasteiger partial charge in [-0.25, -0.2) is 4.39 Å². The molecule has 5 heteroatoms. The fraction of sp³-hybridized carbons (Fsp3) is 0.0714. The summed E-state index contributed by atoms with van der Waals surface area (Å²) in [5, 5.41) is 2.68. The number of carbonyl (C=O) groups is 1. The molecule has 2 rings (SSSR count). The molecule has 0 spiro atoms. The monoisotopic (exact) mass is 260 g/mol. The molecule has 1 amide bonds. The molecule has 0 aliphatic rings. The van der Waals surface area contributed by atoms with E-state index in [4.69, 9.17) is 10.5 Å². The second-order valence-corrected chi connectivity index (χ2v) is 3.93. The van der Waals surface area contributed by atoms with Crippen LogP contribution >= 0.6 is 0 Å². The van der Waals surface area contributed by atoms with Gasteiger partial charge in [-0.2, -0.15) is 0 Å². The first kappa shape index (κ1) is 12.9. The molecule has 0 atom stereocenters. The van der Waals surface area contributed by atoms with Crippen LogP contribution in [0, 0.1) is 5.82 Å². The van der Waals surface area contributed by atoms with Crippen LogP contribution in [0.1, 0.15) is 10.4 Å². The van der Waals surface area contributed by atoms with Crippen molar-refractivity contribution in [2.75, 3.05) is 18.2 Å².